The predicted molar refractivity (Wildman–Crippen MR) is 57.4 cm³/mol. The number of rotatable bonds is 1. The van der Waals surface area contributed by atoms with Crippen LogP contribution in [0.15, 0.2) is 18.2 Å². The van der Waals surface area contributed by atoms with Crippen molar-refractivity contribution >= 4 is 5.78 Å². The molecule has 0 N–H and O–H groups in total. The summed E-state index contributed by atoms with van der Waals surface area (Å²) in [6.45, 7) is 4.18. The summed E-state index contributed by atoms with van der Waals surface area (Å²) in [5.41, 5.74) is 3.88. The lowest BCUT2D eigenvalue weighted by Crippen LogP contribution is -2.24. The molecule has 0 unspecified atom stereocenters. The van der Waals surface area contributed by atoms with Gasteiger partial charge in [0.25, 0.3) is 0 Å². The Labute approximate surface area is 85.1 Å². The Morgan fingerprint density at radius 3 is 2.86 bits per heavy atom. The number of fused-ring (bicyclic) bond motifs is 1. The van der Waals surface area contributed by atoms with Crippen molar-refractivity contribution in [2.45, 2.75) is 33.1 Å². The van der Waals surface area contributed by atoms with E-state index in [1.807, 2.05) is 0 Å². The third-order valence-corrected chi connectivity index (χ3v) is 3.14. The maximum atomic E-state index is 11.7. The van der Waals surface area contributed by atoms with E-state index in [1.54, 1.807) is 0 Å². The summed E-state index contributed by atoms with van der Waals surface area (Å²) in [4.78, 5) is 11.7. The number of hydrogen-bond acceptors (Lipinski definition) is 1. The third-order valence-electron chi connectivity index (χ3n) is 3.14. The van der Waals surface area contributed by atoms with Crippen LogP contribution in [-0.4, -0.2) is 5.78 Å². The average Bonchev–Trinajstić information content (AvgIpc) is 2.16. The first-order valence-corrected chi connectivity index (χ1v) is 5.32. The van der Waals surface area contributed by atoms with Gasteiger partial charge in [-0.15, -0.1) is 0 Å². The molecule has 1 heteroatoms. The van der Waals surface area contributed by atoms with Gasteiger partial charge in [-0.3, -0.25) is 4.79 Å². The molecular formula is C13H16O. The zero-order valence-corrected chi connectivity index (χ0v) is 8.84. The van der Waals surface area contributed by atoms with Crippen LogP contribution in [0.2, 0.25) is 0 Å². The minimum atomic E-state index is 0.269. The van der Waals surface area contributed by atoms with Gasteiger partial charge in [-0.2, -0.15) is 0 Å². The first kappa shape index (κ1) is 9.45. The van der Waals surface area contributed by atoms with Gasteiger partial charge in [0.15, 0.2) is 0 Å². The Bertz CT molecular complexity index is 365. The molecule has 2 rings (SSSR count). The van der Waals surface area contributed by atoms with E-state index >= 15 is 0 Å². The fourth-order valence-corrected chi connectivity index (χ4v) is 2.20. The maximum Gasteiger partial charge on any atom is 0.140 e. The van der Waals surface area contributed by atoms with E-state index in [1.165, 1.54) is 16.7 Å². The molecule has 0 amide bonds. The molecule has 0 fully saturated rings. The van der Waals surface area contributed by atoms with E-state index in [-0.39, 0.29) is 5.92 Å². The van der Waals surface area contributed by atoms with Gasteiger partial charge in [0.1, 0.15) is 5.78 Å². The van der Waals surface area contributed by atoms with Crippen LogP contribution in [0.4, 0.5) is 0 Å². The lowest BCUT2D eigenvalue weighted by molar-refractivity contribution is -0.122. The normalized spacial score (nSPS) is 20.7. The van der Waals surface area contributed by atoms with Crippen LogP contribution in [0.5, 0.6) is 0 Å². The molecule has 0 saturated heterocycles. The summed E-state index contributed by atoms with van der Waals surface area (Å²) in [5.74, 6) is 0.691. The molecule has 1 aliphatic carbocycles. The number of Topliss-reactive ketones (excluding diaryl/α,β-unsaturated/α-hetero) is 1. The topological polar surface area (TPSA) is 17.1 Å². The van der Waals surface area contributed by atoms with Gasteiger partial charge in [0.05, 0.1) is 0 Å². The van der Waals surface area contributed by atoms with Gasteiger partial charge in [0.2, 0.25) is 0 Å². The highest BCUT2D eigenvalue weighted by molar-refractivity contribution is 5.85. The van der Waals surface area contributed by atoms with E-state index in [0.717, 1.165) is 12.8 Å². The molecule has 0 aromatic heterocycles. The van der Waals surface area contributed by atoms with Crippen LogP contribution >= 0.6 is 0 Å². The molecule has 0 radical (unpaired) electrons. The summed E-state index contributed by atoms with van der Waals surface area (Å²) < 4.78 is 0. The largest absolute Gasteiger partial charge is 0.299 e. The summed E-state index contributed by atoms with van der Waals surface area (Å²) >= 11 is 0. The quantitative estimate of drug-likeness (QED) is 0.662. The minimum absolute atomic E-state index is 0.269. The molecule has 0 saturated carbocycles. The van der Waals surface area contributed by atoms with Gasteiger partial charge < -0.3 is 0 Å². The van der Waals surface area contributed by atoms with E-state index in [0.29, 0.717) is 12.2 Å². The van der Waals surface area contributed by atoms with E-state index in [9.17, 15) is 4.79 Å². The number of benzene rings is 1. The number of carbonyl (C=O) groups is 1. The summed E-state index contributed by atoms with van der Waals surface area (Å²) in [6, 6.07) is 6.47. The van der Waals surface area contributed by atoms with Gasteiger partial charge in [-0.1, -0.05) is 30.7 Å². The fraction of sp³-hybridized carbons (Fsp3) is 0.462. The van der Waals surface area contributed by atoms with Crippen molar-refractivity contribution in [2.24, 2.45) is 5.92 Å². The monoisotopic (exact) mass is 188 g/mol. The molecule has 1 nitrogen and oxygen atoms in total. The van der Waals surface area contributed by atoms with E-state index in [2.05, 4.69) is 32.0 Å². The Kier molecular flexibility index (Phi) is 2.40. The van der Waals surface area contributed by atoms with Crippen molar-refractivity contribution in [3.63, 3.8) is 0 Å². The van der Waals surface area contributed by atoms with Gasteiger partial charge >= 0.3 is 0 Å². The zero-order valence-electron chi connectivity index (χ0n) is 8.84. The number of aryl methyl sites for hydroxylation is 1. The van der Waals surface area contributed by atoms with Crippen LogP contribution in [0.1, 0.15) is 30.0 Å². The number of ketones is 1. The van der Waals surface area contributed by atoms with Crippen LogP contribution in [0.3, 0.4) is 0 Å². The van der Waals surface area contributed by atoms with Gasteiger partial charge in [-0.25, -0.2) is 0 Å². The van der Waals surface area contributed by atoms with Crippen molar-refractivity contribution in [1.29, 1.82) is 0 Å². The van der Waals surface area contributed by atoms with Crippen molar-refractivity contribution < 1.29 is 4.79 Å². The minimum Gasteiger partial charge on any atom is -0.299 e. The molecule has 0 heterocycles. The van der Waals surface area contributed by atoms with Crippen molar-refractivity contribution in [1.82, 2.24) is 0 Å². The van der Waals surface area contributed by atoms with Crippen molar-refractivity contribution in [3.8, 4) is 0 Å². The second-order valence-electron chi connectivity index (χ2n) is 4.22. The highest BCUT2D eigenvalue weighted by Crippen LogP contribution is 2.25. The summed E-state index contributed by atoms with van der Waals surface area (Å²) in [7, 11) is 0. The molecule has 1 aromatic carbocycles. The Balaban J connectivity index is 2.35. The lowest BCUT2D eigenvalue weighted by atomic mass is 9.81. The molecule has 0 spiro atoms. The predicted octanol–water partition coefficient (Wildman–Crippen LogP) is 2.69. The standard InChI is InChI=1S/C13H16O/c1-3-10-7-11-5-4-9(2)6-12(11)8-13(10)14/h4-6,10H,3,7-8H2,1-2H3/t10-/m1/s1. The van der Waals surface area contributed by atoms with Crippen LogP contribution < -0.4 is 0 Å². The van der Waals surface area contributed by atoms with Crippen LogP contribution in [0.25, 0.3) is 0 Å². The molecule has 0 aliphatic heterocycles. The Morgan fingerprint density at radius 1 is 1.36 bits per heavy atom. The highest BCUT2D eigenvalue weighted by Gasteiger charge is 2.24. The molecule has 1 aliphatic rings. The smallest absolute Gasteiger partial charge is 0.140 e. The number of hydrogen-bond donors (Lipinski definition) is 0. The van der Waals surface area contributed by atoms with Crippen LogP contribution in [-0.2, 0) is 17.6 Å². The molecule has 1 atom stereocenters. The Morgan fingerprint density at radius 2 is 2.14 bits per heavy atom. The second kappa shape index (κ2) is 3.56. The third kappa shape index (κ3) is 1.59. The van der Waals surface area contributed by atoms with Crippen LogP contribution in [0, 0.1) is 12.8 Å². The fourth-order valence-electron chi connectivity index (χ4n) is 2.20. The molecule has 1 aromatic rings. The maximum absolute atomic E-state index is 11.7. The zero-order chi connectivity index (χ0) is 10.1. The first-order chi connectivity index (χ1) is 6.70. The van der Waals surface area contributed by atoms with Crippen molar-refractivity contribution in [2.75, 3.05) is 0 Å². The lowest BCUT2D eigenvalue weighted by Gasteiger charge is -2.22. The SMILES string of the molecule is CC[C@@H]1Cc2ccc(C)cc2CC1=O. The Hall–Kier alpha value is -1.11. The van der Waals surface area contributed by atoms with E-state index in [4.69, 9.17) is 0 Å². The van der Waals surface area contributed by atoms with Gasteiger partial charge in [-0.05, 0) is 30.9 Å². The second-order valence-corrected chi connectivity index (χ2v) is 4.22. The molecule has 14 heavy (non-hydrogen) atoms. The molecular weight excluding hydrogens is 172 g/mol. The molecule has 0 bridgehead atoms. The van der Waals surface area contributed by atoms with E-state index < -0.39 is 0 Å². The summed E-state index contributed by atoms with van der Waals surface area (Å²) in [6.07, 6.45) is 2.58. The van der Waals surface area contributed by atoms with Crippen molar-refractivity contribution in [3.05, 3.63) is 34.9 Å². The summed E-state index contributed by atoms with van der Waals surface area (Å²) in [5, 5.41) is 0. The molecule has 74 valence electrons. The average molecular weight is 188 g/mol. The highest BCUT2D eigenvalue weighted by atomic mass is 16.1. The number of carbonyl (C=O) groups excluding carboxylic acids is 1. The van der Waals surface area contributed by atoms with Gasteiger partial charge in [0, 0.05) is 12.3 Å². The first-order valence-electron chi connectivity index (χ1n) is 5.32.